The molecule has 0 saturated heterocycles. The summed E-state index contributed by atoms with van der Waals surface area (Å²) in [6, 6.07) is 8.83. The zero-order chi connectivity index (χ0) is 17.1. The predicted molar refractivity (Wildman–Crippen MR) is 91.9 cm³/mol. The highest BCUT2D eigenvalue weighted by atomic mass is 35.5. The van der Waals surface area contributed by atoms with Crippen LogP contribution < -0.4 is 0 Å². The molecular weight excluding hydrogens is 328 g/mol. The quantitative estimate of drug-likeness (QED) is 0.916. The summed E-state index contributed by atoms with van der Waals surface area (Å²) in [4.78, 5) is 14.1. The highest BCUT2D eigenvalue weighted by molar-refractivity contribution is 6.30. The Morgan fingerprint density at radius 1 is 1.38 bits per heavy atom. The molecule has 0 radical (unpaired) electrons. The van der Waals surface area contributed by atoms with E-state index in [1.165, 1.54) is 0 Å². The molecule has 0 spiro atoms. The number of halogens is 1. The minimum Gasteiger partial charge on any atom is -0.393 e. The Morgan fingerprint density at radius 3 is 2.92 bits per heavy atom. The minimum absolute atomic E-state index is 0.131. The smallest absolute Gasteiger partial charge is 0.275 e. The fourth-order valence-electron chi connectivity index (χ4n) is 3.19. The van der Waals surface area contributed by atoms with Crippen molar-refractivity contribution in [1.82, 2.24) is 10.1 Å². The Hall–Kier alpha value is -1.85. The van der Waals surface area contributed by atoms with E-state index in [9.17, 15) is 9.90 Å². The maximum absolute atomic E-state index is 12.5. The zero-order valence-corrected chi connectivity index (χ0v) is 14.4. The second kappa shape index (κ2) is 7.36. The standard InChI is InChI=1S/C18H21ClN2O3/c1-21(11-13-5-2-3-8-16(13)22)18(23)15-10-17(24-20-15)12-6-4-7-14(19)9-12/h4,6-7,9-10,13,16,22H,2-3,5,8,11H2,1H3. The Labute approximate surface area is 146 Å². The Bertz CT molecular complexity index is 716. The summed E-state index contributed by atoms with van der Waals surface area (Å²) in [6.07, 6.45) is 3.60. The van der Waals surface area contributed by atoms with Crippen LogP contribution in [0.3, 0.4) is 0 Å². The molecule has 24 heavy (non-hydrogen) atoms. The monoisotopic (exact) mass is 348 g/mol. The molecular formula is C18H21ClN2O3. The van der Waals surface area contributed by atoms with E-state index in [1.54, 1.807) is 30.1 Å². The summed E-state index contributed by atoms with van der Waals surface area (Å²) < 4.78 is 5.28. The number of aromatic nitrogens is 1. The van der Waals surface area contributed by atoms with E-state index in [0.717, 1.165) is 31.2 Å². The van der Waals surface area contributed by atoms with Crippen molar-refractivity contribution in [3.63, 3.8) is 0 Å². The first-order valence-electron chi connectivity index (χ1n) is 8.21. The van der Waals surface area contributed by atoms with Crippen LogP contribution in [0, 0.1) is 5.92 Å². The molecule has 0 aliphatic heterocycles. The maximum Gasteiger partial charge on any atom is 0.275 e. The van der Waals surface area contributed by atoms with Crippen LogP contribution in [0.15, 0.2) is 34.9 Å². The maximum atomic E-state index is 12.5. The number of hydrogen-bond donors (Lipinski definition) is 1. The molecule has 5 nitrogen and oxygen atoms in total. The molecule has 3 rings (SSSR count). The number of aliphatic hydroxyl groups excluding tert-OH is 1. The lowest BCUT2D eigenvalue weighted by molar-refractivity contribution is 0.0447. The number of carbonyl (C=O) groups is 1. The van der Waals surface area contributed by atoms with Gasteiger partial charge in [-0.15, -0.1) is 0 Å². The van der Waals surface area contributed by atoms with E-state index in [1.807, 2.05) is 12.1 Å². The van der Waals surface area contributed by atoms with Crippen molar-refractivity contribution < 1.29 is 14.4 Å². The second-order valence-electron chi connectivity index (χ2n) is 6.38. The van der Waals surface area contributed by atoms with E-state index in [-0.39, 0.29) is 23.6 Å². The van der Waals surface area contributed by atoms with Gasteiger partial charge in [0.1, 0.15) is 0 Å². The van der Waals surface area contributed by atoms with Crippen molar-refractivity contribution in [2.45, 2.75) is 31.8 Å². The summed E-state index contributed by atoms with van der Waals surface area (Å²) >= 11 is 5.98. The van der Waals surface area contributed by atoms with Gasteiger partial charge in [-0.1, -0.05) is 41.7 Å². The van der Waals surface area contributed by atoms with E-state index < -0.39 is 0 Å². The van der Waals surface area contributed by atoms with Crippen molar-refractivity contribution in [3.05, 3.63) is 41.0 Å². The van der Waals surface area contributed by atoms with Gasteiger partial charge in [-0.05, 0) is 25.0 Å². The number of nitrogens with zero attached hydrogens (tertiary/aromatic N) is 2. The predicted octanol–water partition coefficient (Wildman–Crippen LogP) is 3.62. The highest BCUT2D eigenvalue weighted by Crippen LogP contribution is 2.26. The number of aliphatic hydroxyl groups is 1. The van der Waals surface area contributed by atoms with Gasteiger partial charge in [0, 0.05) is 36.2 Å². The number of carbonyl (C=O) groups excluding carboxylic acids is 1. The van der Waals surface area contributed by atoms with Crippen LogP contribution >= 0.6 is 11.6 Å². The lowest BCUT2D eigenvalue weighted by Gasteiger charge is -2.30. The van der Waals surface area contributed by atoms with Crippen molar-refractivity contribution in [2.75, 3.05) is 13.6 Å². The molecule has 1 aliphatic rings. The van der Waals surface area contributed by atoms with Gasteiger partial charge in [0.25, 0.3) is 5.91 Å². The average molecular weight is 349 g/mol. The molecule has 1 aromatic heterocycles. The lowest BCUT2D eigenvalue weighted by atomic mass is 9.86. The molecule has 1 amide bonds. The van der Waals surface area contributed by atoms with E-state index in [0.29, 0.717) is 17.3 Å². The van der Waals surface area contributed by atoms with E-state index in [4.69, 9.17) is 16.1 Å². The van der Waals surface area contributed by atoms with Crippen molar-refractivity contribution in [1.29, 1.82) is 0 Å². The number of amides is 1. The van der Waals surface area contributed by atoms with E-state index >= 15 is 0 Å². The van der Waals surface area contributed by atoms with Gasteiger partial charge < -0.3 is 14.5 Å². The Kier molecular flexibility index (Phi) is 5.21. The molecule has 6 heteroatoms. The van der Waals surface area contributed by atoms with Gasteiger partial charge in [-0.2, -0.15) is 0 Å². The van der Waals surface area contributed by atoms with Crippen LogP contribution in [0.4, 0.5) is 0 Å². The van der Waals surface area contributed by atoms with Crippen LogP contribution in [0.2, 0.25) is 5.02 Å². The first-order chi connectivity index (χ1) is 11.5. The molecule has 0 bridgehead atoms. The first-order valence-corrected chi connectivity index (χ1v) is 8.58. The molecule has 1 aromatic carbocycles. The molecule has 2 atom stereocenters. The third kappa shape index (κ3) is 3.79. The highest BCUT2D eigenvalue weighted by Gasteiger charge is 2.27. The fourth-order valence-corrected chi connectivity index (χ4v) is 3.38. The second-order valence-corrected chi connectivity index (χ2v) is 6.82. The summed E-state index contributed by atoms with van der Waals surface area (Å²) in [5.74, 6) is 0.434. The van der Waals surface area contributed by atoms with Crippen LogP contribution in [-0.2, 0) is 0 Å². The molecule has 1 aliphatic carbocycles. The molecule has 128 valence electrons. The third-order valence-electron chi connectivity index (χ3n) is 4.56. The molecule has 2 unspecified atom stereocenters. The molecule has 1 N–H and O–H groups in total. The topological polar surface area (TPSA) is 66.6 Å². The molecule has 1 fully saturated rings. The van der Waals surface area contributed by atoms with Gasteiger partial charge in [0.05, 0.1) is 6.10 Å². The summed E-state index contributed by atoms with van der Waals surface area (Å²) in [5, 5.41) is 14.5. The van der Waals surface area contributed by atoms with Gasteiger partial charge in [-0.3, -0.25) is 4.79 Å². The fraction of sp³-hybridized carbons (Fsp3) is 0.444. The molecule has 1 saturated carbocycles. The summed E-state index contributed by atoms with van der Waals surface area (Å²) in [5.41, 5.74) is 1.04. The lowest BCUT2D eigenvalue weighted by Crippen LogP contribution is -2.38. The van der Waals surface area contributed by atoms with E-state index in [2.05, 4.69) is 5.16 Å². The van der Waals surface area contributed by atoms with Gasteiger partial charge >= 0.3 is 0 Å². The summed E-state index contributed by atoms with van der Waals surface area (Å²) in [6.45, 7) is 0.527. The zero-order valence-electron chi connectivity index (χ0n) is 13.6. The number of benzene rings is 1. The Morgan fingerprint density at radius 2 is 2.17 bits per heavy atom. The SMILES string of the molecule is CN(CC1CCCCC1O)C(=O)c1cc(-c2cccc(Cl)c2)on1. The van der Waals surface area contributed by atoms with Crippen molar-refractivity contribution >= 4 is 17.5 Å². The van der Waals surface area contributed by atoms with Gasteiger partial charge in [0.2, 0.25) is 0 Å². The first kappa shape index (κ1) is 17.0. The van der Waals surface area contributed by atoms with Crippen LogP contribution in [0.5, 0.6) is 0 Å². The minimum atomic E-state index is -0.326. The molecule has 2 aromatic rings. The third-order valence-corrected chi connectivity index (χ3v) is 4.80. The van der Waals surface area contributed by atoms with Gasteiger partial charge in [0.15, 0.2) is 11.5 Å². The van der Waals surface area contributed by atoms with Crippen LogP contribution in [-0.4, -0.2) is 40.8 Å². The number of hydrogen-bond acceptors (Lipinski definition) is 4. The van der Waals surface area contributed by atoms with Gasteiger partial charge in [-0.25, -0.2) is 0 Å². The Balaban J connectivity index is 1.69. The number of rotatable bonds is 4. The molecule has 1 heterocycles. The van der Waals surface area contributed by atoms with Crippen LogP contribution in [0.25, 0.3) is 11.3 Å². The van der Waals surface area contributed by atoms with Crippen molar-refractivity contribution in [2.24, 2.45) is 5.92 Å². The normalized spacial score (nSPS) is 20.8. The van der Waals surface area contributed by atoms with Crippen LogP contribution in [0.1, 0.15) is 36.2 Å². The largest absolute Gasteiger partial charge is 0.393 e. The van der Waals surface area contributed by atoms with Crippen molar-refractivity contribution in [3.8, 4) is 11.3 Å². The summed E-state index contributed by atoms with van der Waals surface area (Å²) in [7, 11) is 1.73. The average Bonchev–Trinajstić information content (AvgIpc) is 3.06.